The first-order chi connectivity index (χ1) is 8.33. The molecule has 0 amide bonds. The van der Waals surface area contributed by atoms with Crippen LogP contribution >= 0.6 is 0 Å². The lowest BCUT2D eigenvalue weighted by atomic mass is 10.0. The average molecular weight is 232 g/mol. The SMILES string of the molecule is COc1ccc(CC(NN)c2ccco2)cc1. The molecule has 2 rings (SSSR count). The first-order valence-electron chi connectivity index (χ1n) is 5.46. The van der Waals surface area contributed by atoms with E-state index < -0.39 is 0 Å². The van der Waals surface area contributed by atoms with E-state index in [1.165, 1.54) is 5.56 Å². The van der Waals surface area contributed by atoms with E-state index in [1.54, 1.807) is 13.4 Å². The second-order valence-corrected chi connectivity index (χ2v) is 3.79. The molecule has 0 aliphatic heterocycles. The van der Waals surface area contributed by atoms with Crippen molar-refractivity contribution in [3.8, 4) is 5.75 Å². The number of rotatable bonds is 5. The van der Waals surface area contributed by atoms with E-state index in [4.69, 9.17) is 15.0 Å². The second-order valence-electron chi connectivity index (χ2n) is 3.79. The molecule has 0 aliphatic rings. The van der Waals surface area contributed by atoms with Gasteiger partial charge in [-0.05, 0) is 36.2 Å². The lowest BCUT2D eigenvalue weighted by molar-refractivity contribution is 0.411. The Balaban J connectivity index is 2.07. The van der Waals surface area contributed by atoms with Gasteiger partial charge < -0.3 is 9.15 Å². The maximum atomic E-state index is 5.53. The van der Waals surface area contributed by atoms with Gasteiger partial charge in [-0.1, -0.05) is 12.1 Å². The van der Waals surface area contributed by atoms with E-state index in [-0.39, 0.29) is 6.04 Å². The summed E-state index contributed by atoms with van der Waals surface area (Å²) in [5.74, 6) is 7.22. The second kappa shape index (κ2) is 5.52. The average Bonchev–Trinajstić information content (AvgIpc) is 2.90. The quantitative estimate of drug-likeness (QED) is 0.611. The Morgan fingerprint density at radius 3 is 2.59 bits per heavy atom. The minimum atomic E-state index is -0.0154. The van der Waals surface area contributed by atoms with E-state index >= 15 is 0 Å². The predicted octanol–water partition coefficient (Wildman–Crippen LogP) is 2.04. The number of ether oxygens (including phenoxy) is 1. The number of hydrogen-bond acceptors (Lipinski definition) is 4. The van der Waals surface area contributed by atoms with Crippen molar-refractivity contribution in [3.05, 3.63) is 54.0 Å². The zero-order valence-electron chi connectivity index (χ0n) is 9.72. The summed E-state index contributed by atoms with van der Waals surface area (Å²) in [4.78, 5) is 0. The van der Waals surface area contributed by atoms with Gasteiger partial charge in [0.25, 0.3) is 0 Å². The van der Waals surface area contributed by atoms with Gasteiger partial charge in [0.05, 0.1) is 19.4 Å². The van der Waals surface area contributed by atoms with Crippen molar-refractivity contribution in [3.63, 3.8) is 0 Å². The minimum Gasteiger partial charge on any atom is -0.497 e. The van der Waals surface area contributed by atoms with Crippen molar-refractivity contribution in [1.29, 1.82) is 0 Å². The molecule has 0 radical (unpaired) electrons. The molecule has 3 N–H and O–H groups in total. The molecule has 0 bridgehead atoms. The third kappa shape index (κ3) is 2.87. The number of hydrogen-bond donors (Lipinski definition) is 2. The molecule has 0 spiro atoms. The van der Waals surface area contributed by atoms with Crippen molar-refractivity contribution in [2.24, 2.45) is 5.84 Å². The molecule has 0 saturated carbocycles. The van der Waals surface area contributed by atoms with Crippen LogP contribution in [0.25, 0.3) is 0 Å². The predicted molar refractivity (Wildman–Crippen MR) is 65.5 cm³/mol. The Kier molecular flexibility index (Phi) is 3.80. The molecule has 1 aromatic carbocycles. The van der Waals surface area contributed by atoms with Gasteiger partial charge in [0.15, 0.2) is 0 Å². The summed E-state index contributed by atoms with van der Waals surface area (Å²) in [7, 11) is 1.65. The number of methoxy groups -OCH3 is 1. The van der Waals surface area contributed by atoms with Crippen LogP contribution in [0, 0.1) is 0 Å². The van der Waals surface area contributed by atoms with Gasteiger partial charge in [-0.3, -0.25) is 5.84 Å². The van der Waals surface area contributed by atoms with Crippen LogP contribution in [-0.4, -0.2) is 7.11 Å². The van der Waals surface area contributed by atoms with Gasteiger partial charge in [-0.25, -0.2) is 5.43 Å². The van der Waals surface area contributed by atoms with Crippen molar-refractivity contribution in [2.45, 2.75) is 12.5 Å². The summed E-state index contributed by atoms with van der Waals surface area (Å²) in [5, 5.41) is 0. The Bertz CT molecular complexity index is 437. The molecule has 0 aliphatic carbocycles. The summed E-state index contributed by atoms with van der Waals surface area (Å²) in [6.45, 7) is 0. The van der Waals surface area contributed by atoms with Gasteiger partial charge >= 0.3 is 0 Å². The Morgan fingerprint density at radius 1 is 1.29 bits per heavy atom. The van der Waals surface area contributed by atoms with Gasteiger partial charge in [-0.2, -0.15) is 0 Å². The highest BCUT2D eigenvalue weighted by molar-refractivity contribution is 5.28. The maximum Gasteiger partial charge on any atom is 0.122 e. The normalized spacial score (nSPS) is 12.4. The van der Waals surface area contributed by atoms with Gasteiger partial charge in [0.2, 0.25) is 0 Å². The first kappa shape index (κ1) is 11.7. The van der Waals surface area contributed by atoms with Crippen LogP contribution in [0.4, 0.5) is 0 Å². The topological polar surface area (TPSA) is 60.4 Å². The molecule has 4 heteroatoms. The Labute approximate surface area is 100 Å². The van der Waals surface area contributed by atoms with Crippen LogP contribution in [-0.2, 0) is 6.42 Å². The molecular formula is C13H16N2O2. The monoisotopic (exact) mass is 232 g/mol. The molecule has 4 nitrogen and oxygen atoms in total. The number of benzene rings is 1. The number of furan rings is 1. The van der Waals surface area contributed by atoms with Crippen LogP contribution in [0.5, 0.6) is 5.75 Å². The third-order valence-corrected chi connectivity index (χ3v) is 2.69. The van der Waals surface area contributed by atoms with E-state index in [9.17, 15) is 0 Å². The van der Waals surface area contributed by atoms with Crippen molar-refractivity contribution >= 4 is 0 Å². The van der Waals surface area contributed by atoms with Crippen LogP contribution < -0.4 is 16.0 Å². The van der Waals surface area contributed by atoms with E-state index in [0.29, 0.717) is 0 Å². The van der Waals surface area contributed by atoms with Gasteiger partial charge in [0, 0.05) is 0 Å². The molecule has 90 valence electrons. The molecule has 1 aromatic heterocycles. The van der Waals surface area contributed by atoms with Crippen molar-refractivity contribution < 1.29 is 9.15 Å². The van der Waals surface area contributed by atoms with Gasteiger partial charge in [-0.15, -0.1) is 0 Å². The van der Waals surface area contributed by atoms with Crippen LogP contribution in [0.2, 0.25) is 0 Å². The number of hydrazine groups is 1. The molecule has 1 unspecified atom stereocenters. The van der Waals surface area contributed by atoms with Crippen molar-refractivity contribution in [1.82, 2.24) is 5.43 Å². The van der Waals surface area contributed by atoms with E-state index in [2.05, 4.69) is 5.43 Å². The van der Waals surface area contributed by atoms with Crippen LogP contribution in [0.3, 0.4) is 0 Å². The van der Waals surface area contributed by atoms with Crippen molar-refractivity contribution in [2.75, 3.05) is 7.11 Å². The summed E-state index contributed by atoms with van der Waals surface area (Å²) < 4.78 is 10.5. The molecule has 1 atom stereocenters. The van der Waals surface area contributed by atoms with Crippen LogP contribution in [0.15, 0.2) is 47.1 Å². The summed E-state index contributed by atoms with van der Waals surface area (Å²) >= 11 is 0. The standard InChI is InChI=1S/C13H16N2O2/c1-16-11-6-4-10(5-7-11)9-12(15-14)13-3-2-8-17-13/h2-8,12,15H,9,14H2,1H3. The van der Waals surface area contributed by atoms with E-state index in [1.807, 2.05) is 36.4 Å². The summed E-state index contributed by atoms with van der Waals surface area (Å²) in [6.07, 6.45) is 2.42. The third-order valence-electron chi connectivity index (χ3n) is 2.69. The highest BCUT2D eigenvalue weighted by Crippen LogP contribution is 2.19. The molecule has 0 saturated heterocycles. The zero-order valence-corrected chi connectivity index (χ0v) is 9.72. The lowest BCUT2D eigenvalue weighted by Crippen LogP contribution is -2.29. The highest BCUT2D eigenvalue weighted by Gasteiger charge is 2.12. The van der Waals surface area contributed by atoms with Crippen LogP contribution in [0.1, 0.15) is 17.4 Å². The Hall–Kier alpha value is -1.78. The largest absolute Gasteiger partial charge is 0.497 e. The lowest BCUT2D eigenvalue weighted by Gasteiger charge is -2.13. The Morgan fingerprint density at radius 2 is 2.06 bits per heavy atom. The molecule has 0 fully saturated rings. The van der Waals surface area contributed by atoms with E-state index in [0.717, 1.165) is 17.9 Å². The zero-order chi connectivity index (χ0) is 12.1. The molecule has 1 heterocycles. The maximum absolute atomic E-state index is 5.53. The summed E-state index contributed by atoms with van der Waals surface area (Å²) in [5.41, 5.74) is 3.93. The number of nitrogens with two attached hydrogens (primary N) is 1. The summed E-state index contributed by atoms with van der Waals surface area (Å²) in [6, 6.07) is 11.7. The fraction of sp³-hybridized carbons (Fsp3) is 0.231. The first-order valence-corrected chi connectivity index (χ1v) is 5.46. The smallest absolute Gasteiger partial charge is 0.122 e. The van der Waals surface area contributed by atoms with Gasteiger partial charge in [0.1, 0.15) is 11.5 Å². The molecular weight excluding hydrogens is 216 g/mol. The molecule has 17 heavy (non-hydrogen) atoms. The number of nitrogens with one attached hydrogen (secondary N) is 1. The highest BCUT2D eigenvalue weighted by atomic mass is 16.5. The fourth-order valence-corrected chi connectivity index (χ4v) is 1.73. The molecule has 2 aromatic rings. The fourth-order valence-electron chi connectivity index (χ4n) is 1.73. The minimum absolute atomic E-state index is 0.0154.